The Hall–Kier alpha value is -3.88. The molecule has 4 rings (SSSR count). The molecular formula is C25H26F3N5O. The van der Waals surface area contributed by atoms with Gasteiger partial charge in [0.25, 0.3) is 0 Å². The van der Waals surface area contributed by atoms with E-state index in [4.69, 9.17) is 15.9 Å². The number of nitrogens with one attached hydrogen (secondary N) is 1. The first-order chi connectivity index (χ1) is 16.0. The number of hydrogen-bond donors (Lipinski definition) is 2. The summed E-state index contributed by atoms with van der Waals surface area (Å²) in [5.74, 6) is -1.84. The van der Waals surface area contributed by atoms with Crippen molar-refractivity contribution in [3.63, 3.8) is 0 Å². The number of ether oxygens (including phenoxy) is 1. The number of benzene rings is 2. The molecule has 0 bridgehead atoms. The second-order valence-electron chi connectivity index (χ2n) is 8.08. The molecule has 2 aromatic carbocycles. The van der Waals surface area contributed by atoms with E-state index in [0.717, 1.165) is 19.4 Å². The third kappa shape index (κ3) is 5.03. The topological polar surface area (TPSA) is 87.6 Å². The van der Waals surface area contributed by atoms with Gasteiger partial charge in [-0.2, -0.15) is 0 Å². The molecule has 0 amide bonds. The lowest BCUT2D eigenvalue weighted by Gasteiger charge is -2.28. The number of guanidine groups is 1. The van der Waals surface area contributed by atoms with Crippen molar-refractivity contribution in [1.82, 2.24) is 9.88 Å². The number of amidine groups is 1. The Labute approximate surface area is 196 Å². The number of halogens is 3. The van der Waals surface area contributed by atoms with Gasteiger partial charge in [-0.05, 0) is 66.9 Å². The maximum atomic E-state index is 14.6. The zero-order valence-electron chi connectivity index (χ0n) is 19.3. The molecule has 9 heteroatoms. The second-order valence-corrected chi connectivity index (χ2v) is 8.08. The van der Waals surface area contributed by atoms with Gasteiger partial charge in [0, 0.05) is 25.0 Å². The minimum absolute atomic E-state index is 0.212. The van der Waals surface area contributed by atoms with Gasteiger partial charge in [0.05, 0.1) is 7.11 Å². The van der Waals surface area contributed by atoms with E-state index in [1.807, 2.05) is 36.4 Å². The average molecular weight is 470 g/mol. The summed E-state index contributed by atoms with van der Waals surface area (Å²) in [7, 11) is 3.24. The molecule has 1 atom stereocenters. The first-order valence-electron chi connectivity index (χ1n) is 10.4. The van der Waals surface area contributed by atoms with Crippen LogP contribution in [0.1, 0.15) is 25.0 Å². The average Bonchev–Trinajstić information content (AvgIpc) is 3.04. The normalized spacial score (nSPS) is 17.7. The van der Waals surface area contributed by atoms with E-state index in [2.05, 4.69) is 9.98 Å². The number of rotatable bonds is 4. The molecule has 1 aromatic heterocycles. The van der Waals surface area contributed by atoms with Crippen LogP contribution in [0.5, 0.6) is 5.75 Å². The highest BCUT2D eigenvalue weighted by Gasteiger charge is 2.46. The van der Waals surface area contributed by atoms with Crippen LogP contribution in [0.15, 0.2) is 72.0 Å². The van der Waals surface area contributed by atoms with Crippen LogP contribution in [-0.2, 0) is 5.54 Å². The van der Waals surface area contributed by atoms with Gasteiger partial charge in [0.15, 0.2) is 11.5 Å². The van der Waals surface area contributed by atoms with Gasteiger partial charge in [-0.15, -0.1) is 0 Å². The monoisotopic (exact) mass is 469 g/mol. The summed E-state index contributed by atoms with van der Waals surface area (Å²) < 4.78 is 41.8. The van der Waals surface area contributed by atoms with Crippen molar-refractivity contribution >= 4 is 11.8 Å². The first kappa shape index (κ1) is 24.8. The van der Waals surface area contributed by atoms with Gasteiger partial charge in [-0.3, -0.25) is 10.4 Å². The largest absolute Gasteiger partial charge is 0.497 e. The summed E-state index contributed by atoms with van der Waals surface area (Å²) >= 11 is 0. The Bertz CT molecular complexity index is 1200. The lowest BCUT2D eigenvalue weighted by Crippen LogP contribution is -2.40. The molecule has 1 aliphatic rings. The minimum Gasteiger partial charge on any atom is -0.497 e. The third-order valence-corrected chi connectivity index (χ3v) is 5.17. The van der Waals surface area contributed by atoms with Crippen LogP contribution in [0.3, 0.4) is 0 Å². The number of nitrogens with zero attached hydrogens (tertiary/aromatic N) is 3. The molecule has 0 spiro atoms. The predicted octanol–water partition coefficient (Wildman–Crippen LogP) is 5.04. The van der Waals surface area contributed by atoms with E-state index < -0.39 is 11.5 Å². The van der Waals surface area contributed by atoms with Gasteiger partial charge in [-0.25, -0.2) is 18.2 Å². The quantitative estimate of drug-likeness (QED) is 0.561. The van der Waals surface area contributed by atoms with E-state index in [9.17, 15) is 13.2 Å². The first-order valence-corrected chi connectivity index (χ1v) is 10.4. The van der Waals surface area contributed by atoms with Crippen molar-refractivity contribution in [2.24, 2.45) is 10.7 Å². The number of aliphatic imine (C=N–C) groups is 1. The molecule has 1 unspecified atom stereocenters. The molecule has 6 nitrogen and oxygen atoms in total. The van der Waals surface area contributed by atoms with Gasteiger partial charge in [0.2, 0.25) is 5.92 Å². The summed E-state index contributed by atoms with van der Waals surface area (Å²) in [6, 6.07) is 15.6. The fourth-order valence-corrected chi connectivity index (χ4v) is 3.58. The van der Waals surface area contributed by atoms with Gasteiger partial charge in [0.1, 0.15) is 17.4 Å². The summed E-state index contributed by atoms with van der Waals surface area (Å²) in [6.07, 6.45) is 3.31. The number of nitrogens with two attached hydrogens (primary N) is 1. The lowest BCUT2D eigenvalue weighted by molar-refractivity contribution is 0.0437. The highest BCUT2D eigenvalue weighted by molar-refractivity contribution is 6.10. The maximum absolute atomic E-state index is 14.6. The second kappa shape index (κ2) is 9.54. The number of methoxy groups -OCH3 is 1. The van der Waals surface area contributed by atoms with E-state index in [0.29, 0.717) is 22.4 Å². The lowest BCUT2D eigenvalue weighted by atomic mass is 9.82. The number of likely N-dealkylation sites (N-methyl/N-ethyl adjacent to an activating group) is 1. The summed E-state index contributed by atoms with van der Waals surface area (Å²) in [5.41, 5.74) is 7.47. The van der Waals surface area contributed by atoms with Crippen molar-refractivity contribution in [3.8, 4) is 16.9 Å². The van der Waals surface area contributed by atoms with E-state index in [1.54, 1.807) is 43.6 Å². The molecule has 0 radical (unpaired) electrons. The zero-order chi connectivity index (χ0) is 25.1. The summed E-state index contributed by atoms with van der Waals surface area (Å²) in [6.45, 7) is 1.71. The van der Waals surface area contributed by atoms with Crippen molar-refractivity contribution in [3.05, 3.63) is 83.9 Å². The molecule has 2 heterocycles. The van der Waals surface area contributed by atoms with Crippen molar-refractivity contribution < 1.29 is 17.9 Å². The Morgan fingerprint density at radius 1 is 1.03 bits per heavy atom. The molecule has 0 saturated heterocycles. The fourth-order valence-electron chi connectivity index (χ4n) is 3.58. The predicted molar refractivity (Wildman–Crippen MR) is 127 cm³/mol. The molecule has 178 valence electrons. The Kier molecular flexibility index (Phi) is 6.95. The van der Waals surface area contributed by atoms with E-state index in [-0.39, 0.29) is 17.6 Å². The number of aromatic nitrogens is 1. The molecule has 0 aliphatic carbocycles. The van der Waals surface area contributed by atoms with Crippen LogP contribution < -0.4 is 10.5 Å². The van der Waals surface area contributed by atoms with Crippen molar-refractivity contribution in [2.45, 2.75) is 25.3 Å². The van der Waals surface area contributed by atoms with Crippen molar-refractivity contribution in [2.75, 3.05) is 14.2 Å². The smallest absolute Gasteiger partial charge is 0.242 e. The number of alkyl halides is 2. The summed E-state index contributed by atoms with van der Waals surface area (Å²) in [5, 5.41) is 8.76. The van der Waals surface area contributed by atoms with Crippen LogP contribution in [0, 0.1) is 11.2 Å². The highest BCUT2D eigenvalue weighted by atomic mass is 19.3. The fraction of sp³-hybridized carbons (Fsp3) is 0.240. The van der Waals surface area contributed by atoms with Crippen LogP contribution in [0.4, 0.5) is 13.2 Å². The zero-order valence-corrected chi connectivity index (χ0v) is 19.3. The number of hydrogen-bond acceptors (Lipinski definition) is 5. The van der Waals surface area contributed by atoms with Crippen molar-refractivity contribution in [1.29, 1.82) is 5.41 Å². The standard InChI is InChI=1S/C22H20FN5O.C3H6F2/c1-28-20(24)22(27-21(28)25,15-8-10-26-11-9-15)16-5-3-4-14(12-16)18-13-17(29-2)6-7-19(18)23;1-3(2,4)5/h3-13,24H,1-2H3,(H2,25,27);1-2H3. The Morgan fingerprint density at radius 2 is 1.68 bits per heavy atom. The number of pyridine rings is 1. The van der Waals surface area contributed by atoms with E-state index in [1.165, 1.54) is 6.07 Å². The molecular weight excluding hydrogens is 443 g/mol. The minimum atomic E-state index is -2.50. The van der Waals surface area contributed by atoms with Gasteiger partial charge in [-0.1, -0.05) is 18.2 Å². The SMILES string of the molecule is CC(C)(F)F.COc1ccc(F)c(-c2cccc(C3(c4ccncc4)N=C(N)N(C)C3=N)c2)c1. The van der Waals surface area contributed by atoms with E-state index >= 15 is 0 Å². The third-order valence-electron chi connectivity index (χ3n) is 5.17. The molecule has 34 heavy (non-hydrogen) atoms. The molecule has 0 fully saturated rings. The molecule has 3 N–H and O–H groups in total. The Morgan fingerprint density at radius 3 is 2.24 bits per heavy atom. The summed E-state index contributed by atoms with van der Waals surface area (Å²) in [4.78, 5) is 10.3. The Balaban J connectivity index is 0.000000588. The molecule has 1 aliphatic heterocycles. The molecule has 0 saturated carbocycles. The highest BCUT2D eigenvalue weighted by Crippen LogP contribution is 2.40. The van der Waals surface area contributed by atoms with Gasteiger partial charge >= 0.3 is 0 Å². The van der Waals surface area contributed by atoms with Crippen LogP contribution in [-0.4, -0.2) is 41.8 Å². The van der Waals surface area contributed by atoms with Crippen LogP contribution >= 0.6 is 0 Å². The maximum Gasteiger partial charge on any atom is 0.242 e. The van der Waals surface area contributed by atoms with Crippen LogP contribution in [0.25, 0.3) is 11.1 Å². The van der Waals surface area contributed by atoms with Gasteiger partial charge < -0.3 is 15.4 Å². The van der Waals surface area contributed by atoms with Crippen LogP contribution in [0.2, 0.25) is 0 Å². The molecule has 3 aromatic rings.